The summed E-state index contributed by atoms with van der Waals surface area (Å²) in [5, 5.41) is 6.56. The van der Waals surface area contributed by atoms with Crippen molar-refractivity contribution in [2.45, 2.75) is 125 Å². The van der Waals surface area contributed by atoms with Crippen molar-refractivity contribution >= 4 is 66.8 Å². The summed E-state index contributed by atoms with van der Waals surface area (Å²) in [6.45, 7) is 1.95. The van der Waals surface area contributed by atoms with Crippen molar-refractivity contribution in [1.82, 2.24) is 25.2 Å². The SMILES string of the molecule is COc1ccc2c(O[C@@H]3C[C@H]4C(=O)N[C@]5(C(=O)NS(=O)(=O)C6CC6)C[C@H]5C=CCCCCC[C@H](NC(=O)OC5CCCC5)C(=O)N4C3)c3oc4ccc(C)cc4c3nc2c1. The summed E-state index contributed by atoms with van der Waals surface area (Å²) < 4.78 is 52.7. The smallest absolute Gasteiger partial charge is 0.408 e. The molecule has 5 aliphatic rings. The fourth-order valence-electron chi connectivity index (χ4n) is 9.09. The minimum atomic E-state index is -3.91. The Morgan fingerprint density at radius 1 is 0.967 bits per heavy atom. The van der Waals surface area contributed by atoms with Crippen molar-refractivity contribution < 1.29 is 46.2 Å². The standard InChI is InChI=1S/C44H51N5O10S/c1-25-14-19-36-32(20-25)37-39(59-36)38(31-18-15-28(56-2)21-34(31)45-37)57-29-22-35-40(50)47-44(42(52)48-60(54,55)30-16-17-30)23-26(44)10-6-4-3-5-7-13-33(41(51)49(35)24-29)46-43(53)58-27-11-8-9-12-27/h6,10,14-15,18-21,26-27,29-30,33,35H,3-5,7-9,11-13,16-17,22-24H2,1-2H3,(H,46,53)(H,47,50)(H,48,52)/t26-,29-,33+,35+,44-/m1/s1. The molecule has 16 heteroatoms. The van der Waals surface area contributed by atoms with Crippen LogP contribution < -0.4 is 24.8 Å². The van der Waals surface area contributed by atoms with E-state index in [2.05, 4.69) is 15.4 Å². The van der Waals surface area contributed by atoms with E-state index in [1.165, 1.54) is 4.90 Å². The minimum absolute atomic E-state index is 0.0240. The van der Waals surface area contributed by atoms with Gasteiger partial charge in [-0.3, -0.25) is 19.1 Å². The number of carbonyl (C=O) groups excluding carboxylic acids is 4. The number of benzene rings is 2. The van der Waals surface area contributed by atoms with E-state index >= 15 is 0 Å². The van der Waals surface area contributed by atoms with Gasteiger partial charge in [-0.25, -0.2) is 18.2 Å². The lowest BCUT2D eigenvalue weighted by molar-refractivity contribution is -0.141. The third-order valence-electron chi connectivity index (χ3n) is 12.7. The number of hydrogen-bond acceptors (Lipinski definition) is 11. The number of furan rings is 1. The predicted molar refractivity (Wildman–Crippen MR) is 222 cm³/mol. The fraction of sp³-hybridized carbons (Fsp3) is 0.523. The molecule has 9 rings (SSSR count). The third-order valence-corrected chi connectivity index (χ3v) is 14.5. The van der Waals surface area contributed by atoms with Crippen molar-refractivity contribution in [3.05, 3.63) is 54.1 Å². The number of allylic oxidation sites excluding steroid dienone is 1. The first-order chi connectivity index (χ1) is 28.9. The van der Waals surface area contributed by atoms with Crippen LogP contribution in [0, 0.1) is 12.8 Å². The Hall–Kier alpha value is -5.38. The Morgan fingerprint density at radius 2 is 1.77 bits per heavy atom. The second-order valence-electron chi connectivity index (χ2n) is 17.1. The number of carbonyl (C=O) groups is 4. The minimum Gasteiger partial charge on any atom is -0.497 e. The van der Waals surface area contributed by atoms with E-state index in [4.69, 9.17) is 23.6 Å². The molecule has 4 fully saturated rings. The van der Waals surface area contributed by atoms with Crippen LogP contribution in [-0.4, -0.2) is 90.9 Å². The number of sulfonamides is 1. The Balaban J connectivity index is 1.07. The lowest BCUT2D eigenvalue weighted by atomic mass is 10.0. The molecule has 2 aromatic heterocycles. The lowest BCUT2D eigenvalue weighted by Gasteiger charge is -2.30. The monoisotopic (exact) mass is 841 g/mol. The molecule has 60 heavy (non-hydrogen) atoms. The van der Waals surface area contributed by atoms with Gasteiger partial charge in [0.05, 0.1) is 24.4 Å². The molecule has 2 aromatic carbocycles. The van der Waals surface area contributed by atoms with Crippen LogP contribution in [0.15, 0.2) is 53.0 Å². The molecule has 2 aliphatic heterocycles. The van der Waals surface area contributed by atoms with Crippen molar-refractivity contribution in [1.29, 1.82) is 0 Å². The molecule has 0 unspecified atom stereocenters. The molecule has 318 valence electrons. The number of ether oxygens (including phenoxy) is 3. The van der Waals surface area contributed by atoms with E-state index in [-0.39, 0.29) is 25.5 Å². The summed E-state index contributed by atoms with van der Waals surface area (Å²) in [4.78, 5) is 63.0. The second kappa shape index (κ2) is 15.9. The Bertz CT molecular complexity index is 2510. The average Bonchev–Trinajstić information content (AvgIpc) is 4.04. The fourth-order valence-corrected chi connectivity index (χ4v) is 10.5. The first kappa shape index (κ1) is 40.0. The summed E-state index contributed by atoms with van der Waals surface area (Å²) in [7, 11) is -2.34. The van der Waals surface area contributed by atoms with E-state index in [9.17, 15) is 27.6 Å². The van der Waals surface area contributed by atoms with Gasteiger partial charge in [0.25, 0.3) is 5.91 Å². The van der Waals surface area contributed by atoms with E-state index in [0.29, 0.717) is 71.2 Å². The molecule has 4 aromatic rings. The molecule has 0 radical (unpaired) electrons. The van der Waals surface area contributed by atoms with Crippen molar-refractivity contribution in [3.8, 4) is 11.5 Å². The largest absolute Gasteiger partial charge is 0.497 e. The first-order valence-corrected chi connectivity index (χ1v) is 22.8. The van der Waals surface area contributed by atoms with Gasteiger partial charge in [0, 0.05) is 29.2 Å². The van der Waals surface area contributed by atoms with Gasteiger partial charge in [0.2, 0.25) is 21.8 Å². The Morgan fingerprint density at radius 3 is 2.55 bits per heavy atom. The number of aromatic nitrogens is 1. The van der Waals surface area contributed by atoms with Crippen LogP contribution in [0.4, 0.5) is 4.79 Å². The highest BCUT2D eigenvalue weighted by molar-refractivity contribution is 7.91. The number of hydrogen-bond donors (Lipinski definition) is 3. The molecule has 3 aliphatic carbocycles. The first-order valence-electron chi connectivity index (χ1n) is 21.2. The highest BCUT2D eigenvalue weighted by atomic mass is 32.2. The highest BCUT2D eigenvalue weighted by Crippen LogP contribution is 2.47. The number of fused-ring (bicyclic) bond motifs is 6. The average molecular weight is 842 g/mol. The number of amides is 4. The lowest BCUT2D eigenvalue weighted by Crippen LogP contribution is -2.58. The van der Waals surface area contributed by atoms with Gasteiger partial charge >= 0.3 is 6.09 Å². The van der Waals surface area contributed by atoms with Crippen LogP contribution in [0.25, 0.3) is 33.0 Å². The zero-order valence-electron chi connectivity index (χ0n) is 33.9. The van der Waals surface area contributed by atoms with Crippen molar-refractivity contribution in [2.24, 2.45) is 5.92 Å². The van der Waals surface area contributed by atoms with Crippen LogP contribution >= 0.6 is 0 Å². The summed E-state index contributed by atoms with van der Waals surface area (Å²) in [5.74, 6) is -1.35. The van der Waals surface area contributed by atoms with Crippen LogP contribution in [0.1, 0.15) is 89.0 Å². The molecule has 3 N–H and O–H groups in total. The summed E-state index contributed by atoms with van der Waals surface area (Å²) in [6.07, 6.45) is 10.0. The summed E-state index contributed by atoms with van der Waals surface area (Å²) in [6, 6.07) is 9.11. The second-order valence-corrected chi connectivity index (χ2v) is 19.1. The van der Waals surface area contributed by atoms with Crippen LogP contribution in [0.3, 0.4) is 0 Å². The molecular formula is C44H51N5O10S. The number of rotatable bonds is 8. The van der Waals surface area contributed by atoms with Gasteiger partial charge in [-0.1, -0.05) is 36.6 Å². The highest BCUT2D eigenvalue weighted by Gasteiger charge is 2.62. The predicted octanol–water partition coefficient (Wildman–Crippen LogP) is 5.84. The van der Waals surface area contributed by atoms with Crippen molar-refractivity contribution in [3.63, 3.8) is 0 Å². The van der Waals surface area contributed by atoms with Crippen LogP contribution in [-0.2, 0) is 29.1 Å². The zero-order valence-corrected chi connectivity index (χ0v) is 34.7. The number of alkyl carbamates (subject to hydrolysis) is 1. The van der Waals surface area contributed by atoms with Crippen LogP contribution in [0.5, 0.6) is 11.5 Å². The molecule has 1 saturated heterocycles. The maximum absolute atomic E-state index is 14.8. The van der Waals surface area contributed by atoms with Crippen molar-refractivity contribution in [2.75, 3.05) is 13.7 Å². The van der Waals surface area contributed by atoms with Crippen LogP contribution in [0.2, 0.25) is 0 Å². The molecule has 3 saturated carbocycles. The summed E-state index contributed by atoms with van der Waals surface area (Å²) in [5.41, 5.74) is 1.69. The van der Waals surface area contributed by atoms with E-state index in [1.807, 2.05) is 43.3 Å². The molecule has 5 atom stereocenters. The molecular weight excluding hydrogens is 791 g/mol. The number of methoxy groups -OCH3 is 1. The normalized spacial score (nSPS) is 26.5. The molecule has 4 heterocycles. The van der Waals surface area contributed by atoms with Gasteiger partial charge < -0.3 is 34.2 Å². The molecule has 0 bridgehead atoms. The van der Waals surface area contributed by atoms with E-state index in [0.717, 1.165) is 49.5 Å². The number of nitrogens with one attached hydrogen (secondary N) is 3. The van der Waals surface area contributed by atoms with Gasteiger partial charge in [-0.05, 0) is 95.4 Å². The molecule has 0 spiro atoms. The van der Waals surface area contributed by atoms with Gasteiger partial charge in [0.15, 0.2) is 11.3 Å². The van der Waals surface area contributed by atoms with E-state index < -0.39 is 68.7 Å². The van der Waals surface area contributed by atoms with Gasteiger partial charge in [-0.2, -0.15) is 0 Å². The topological polar surface area (TPSA) is 195 Å². The maximum atomic E-state index is 14.8. The van der Waals surface area contributed by atoms with Gasteiger partial charge in [0.1, 0.15) is 46.7 Å². The molecule has 15 nitrogen and oxygen atoms in total. The quantitative estimate of drug-likeness (QED) is 0.180. The Labute approximate surface area is 348 Å². The number of aryl methyl sites for hydroxylation is 1. The zero-order chi connectivity index (χ0) is 41.8. The van der Waals surface area contributed by atoms with E-state index in [1.54, 1.807) is 19.2 Å². The Kier molecular flexibility index (Phi) is 10.6. The summed E-state index contributed by atoms with van der Waals surface area (Å²) >= 11 is 0. The van der Waals surface area contributed by atoms with Gasteiger partial charge in [-0.15, -0.1) is 0 Å². The number of pyridine rings is 1. The third kappa shape index (κ3) is 7.85. The number of nitrogens with zero attached hydrogens (tertiary/aromatic N) is 2. The maximum Gasteiger partial charge on any atom is 0.408 e. The molecule has 4 amide bonds.